The fourth-order valence-electron chi connectivity index (χ4n) is 20.3. The van der Waals surface area contributed by atoms with Crippen LogP contribution in [0.5, 0.6) is 0 Å². The van der Waals surface area contributed by atoms with Gasteiger partial charge in [-0.3, -0.25) is 0 Å². The summed E-state index contributed by atoms with van der Waals surface area (Å²) in [4.78, 5) is 45.2. The molecule has 0 bridgehead atoms. The quantitative estimate of drug-likeness (QED) is 0.0984. The summed E-state index contributed by atoms with van der Waals surface area (Å²) in [6.07, 6.45) is 0. The van der Waals surface area contributed by atoms with E-state index in [1.807, 2.05) is 164 Å². The predicted molar refractivity (Wildman–Crippen MR) is 598 cm³/mol. The third-order valence-electron chi connectivity index (χ3n) is 27.2. The number of nitrogens with zero attached hydrogens (tertiary/aromatic N) is 12. The number of hydrogen-bond acceptors (Lipinski definition) is 9. The predicted octanol–water partition coefficient (Wildman–Crippen LogP) is 33.5. The smallest absolute Gasteiger partial charge is 0.164 e. The van der Waals surface area contributed by atoms with Gasteiger partial charge in [0.2, 0.25) is 0 Å². The summed E-state index contributed by atoms with van der Waals surface area (Å²) in [7, 11) is 0. The fourth-order valence-corrected chi connectivity index (χ4v) is 20.3. The molecular weight excluding hydrogens is 1770 g/mol. The molecule has 0 saturated carbocycles. The van der Waals surface area contributed by atoms with Crippen molar-refractivity contribution in [2.75, 3.05) is 0 Å². The number of fused-ring (bicyclic) bond motifs is 13. The zero-order chi connectivity index (χ0) is 100. The molecule has 0 fully saturated rings. The van der Waals surface area contributed by atoms with E-state index in [0.29, 0.717) is 58.0 Å². The van der Waals surface area contributed by atoms with Crippen LogP contribution in [0.25, 0.3) is 261 Å². The zero-order valence-corrected chi connectivity index (χ0v) is 78.1. The van der Waals surface area contributed by atoms with Gasteiger partial charge < -0.3 is 13.7 Å². The second-order valence-corrected chi connectivity index (χ2v) is 35.9. The molecule has 0 N–H and O–H groups in total. The van der Waals surface area contributed by atoms with Crippen LogP contribution in [0.4, 0.5) is 0 Å². The Morgan fingerprint density at radius 3 is 0.855 bits per heavy atom. The van der Waals surface area contributed by atoms with Gasteiger partial charge in [0.1, 0.15) is 0 Å². The summed E-state index contributed by atoms with van der Waals surface area (Å²) in [6, 6.07) is 168. The first kappa shape index (κ1) is 80.3. The molecule has 0 amide bonds. The van der Waals surface area contributed by atoms with Gasteiger partial charge >= 0.3 is 0 Å². The zero-order valence-electron chi connectivity index (χ0n) is 83.1. The van der Waals surface area contributed by atoms with E-state index < -0.39 is 6.04 Å². The molecule has 6 aromatic heterocycles. The second-order valence-electron chi connectivity index (χ2n) is 35.9. The third-order valence-corrected chi connectivity index (χ3v) is 27.2. The van der Waals surface area contributed by atoms with Gasteiger partial charge in [0.15, 0.2) is 52.4 Å². The van der Waals surface area contributed by atoms with Crippen molar-refractivity contribution in [3.8, 4) is 153 Å². The summed E-state index contributed by atoms with van der Waals surface area (Å²) < 4.78 is 49.5. The van der Waals surface area contributed by atoms with Crippen molar-refractivity contribution < 1.29 is 6.85 Å². The summed E-state index contributed by atoms with van der Waals surface area (Å²) in [6.45, 7) is 0. The van der Waals surface area contributed by atoms with Crippen LogP contribution in [0.1, 0.15) is 6.85 Å². The van der Waals surface area contributed by atoms with E-state index in [1.54, 1.807) is 0 Å². The van der Waals surface area contributed by atoms with E-state index in [4.69, 9.17) is 51.7 Å². The average Bonchev–Trinajstić information content (AvgIpc) is 1.58. The van der Waals surface area contributed by atoms with Crippen molar-refractivity contribution in [3.63, 3.8) is 0 Å². The lowest BCUT2D eigenvalue weighted by Crippen LogP contribution is -2.02. The minimum Gasteiger partial charge on any atom is -0.309 e. The number of rotatable bonds is 15. The van der Waals surface area contributed by atoms with E-state index in [0.717, 1.165) is 138 Å². The molecule has 678 valence electrons. The average molecular weight is 1860 g/mol. The first-order chi connectivity index (χ1) is 73.9. The Labute approximate surface area is 842 Å². The van der Waals surface area contributed by atoms with Crippen molar-refractivity contribution in [1.82, 2.24) is 58.6 Å². The maximum absolute atomic E-state index is 8.80. The van der Waals surface area contributed by atoms with Crippen molar-refractivity contribution in [1.29, 1.82) is 0 Å². The summed E-state index contributed by atoms with van der Waals surface area (Å²) in [5.41, 5.74) is 22.9. The highest BCUT2D eigenvalue weighted by Crippen LogP contribution is 2.45. The number of benzene rings is 22. The van der Waals surface area contributed by atoms with E-state index >= 15 is 0 Å². The van der Waals surface area contributed by atoms with Crippen LogP contribution in [0, 0.1) is 0 Å². The van der Waals surface area contributed by atoms with Gasteiger partial charge in [0.25, 0.3) is 0 Å². The first-order valence-corrected chi connectivity index (χ1v) is 48.4. The lowest BCUT2D eigenvalue weighted by Gasteiger charge is -2.15. The molecular formula is C133H86N12. The Bertz CT molecular complexity index is 10100. The van der Waals surface area contributed by atoms with Crippen LogP contribution < -0.4 is 0 Å². The molecule has 12 heteroatoms. The van der Waals surface area contributed by atoms with Crippen molar-refractivity contribution >= 4 is 109 Å². The molecule has 28 aromatic rings. The Hall–Kier alpha value is -19.7. The lowest BCUT2D eigenvalue weighted by atomic mass is 9.99. The van der Waals surface area contributed by atoms with E-state index in [2.05, 4.69) is 341 Å². The summed E-state index contributed by atoms with van der Waals surface area (Å²) in [5, 5.41) is 15.9. The standard InChI is InChI=1S/C49H32N4.C43H28N4.C41H26N4/c1-3-15-34(16-4-1)41-22-13-25-45-46(41)42-21-10-12-24-44(42)53(45)43-23-11-9-20-40(43)35-27-29-37(30-28-35)48-50-47(36-17-5-2-6-18-36)51-49(52-48)39-31-26-33-14-7-8-19-38(33)32-39;1-2-14-30(15-3-1)41-44-42(46-43(45-41)34-26-25-29-13-4-5-16-31(29)27-34)33-18-12-17-32(28-33)35-19-6-9-22-38(35)47-39-23-10-7-20-36(39)37-21-8-11-24-40(37)47;1-2-13-28(14-3-1)39-42-40(31-23-22-27-12-4-5-15-29(27)24-31)44-41(43-39)32-25-30-16-6-7-17-33(30)38(26-32)45-36-20-10-8-18-34(36)35-19-9-11-21-37(35)45/h1-32H;1-28H;1-26H/i1D,3D,4D,15D,16D;;. The Kier molecular flexibility index (Phi) is 20.6. The van der Waals surface area contributed by atoms with Gasteiger partial charge in [0.05, 0.1) is 57.0 Å². The van der Waals surface area contributed by atoms with Crippen LogP contribution in [0.2, 0.25) is 0 Å². The molecule has 12 nitrogen and oxygen atoms in total. The van der Waals surface area contributed by atoms with Gasteiger partial charge in [-0.05, 0) is 145 Å². The third kappa shape index (κ3) is 16.2. The molecule has 0 atom stereocenters. The molecule has 0 aliphatic rings. The molecule has 0 spiro atoms. The van der Waals surface area contributed by atoms with E-state index in [9.17, 15) is 0 Å². The number of hydrogen-bond donors (Lipinski definition) is 0. The SMILES string of the molecule is [2H]c1c([2H])c([2H])c(-c2cccc3c2c2ccccc2n3-c2ccccc2-c2ccc(-c3nc(-c4ccccc4)nc(-c4ccc5ccccc5c4)n3)cc2)c([2H])c1[2H].c1ccc(-c2nc(-c3ccc4ccccc4c3)nc(-c3cc(-n4c5ccccc5c5ccccc54)c4ccccc4c3)n2)cc1.c1ccc(-c2nc(-c3cccc(-c4ccccc4-n4c5ccccc5c5ccccc54)c3)nc(-c3ccc4ccccc4c3)n2)cc1. The number of aromatic nitrogens is 12. The molecule has 0 radical (unpaired) electrons. The fraction of sp³-hybridized carbons (Fsp3) is 0. The van der Waals surface area contributed by atoms with E-state index in [1.165, 1.54) is 59.8 Å². The normalized spacial score (nSPS) is 11.9. The molecule has 0 aliphatic carbocycles. The lowest BCUT2D eigenvalue weighted by molar-refractivity contribution is 1.07. The molecule has 0 unspecified atom stereocenters. The van der Waals surface area contributed by atoms with Gasteiger partial charge in [0, 0.05) is 98.9 Å². The van der Waals surface area contributed by atoms with Gasteiger partial charge in [-0.2, -0.15) is 0 Å². The monoisotopic (exact) mass is 1860 g/mol. The highest BCUT2D eigenvalue weighted by atomic mass is 15.1. The van der Waals surface area contributed by atoms with Crippen LogP contribution in [0.15, 0.2) is 522 Å². The van der Waals surface area contributed by atoms with Crippen molar-refractivity contribution in [3.05, 3.63) is 522 Å². The molecule has 0 saturated heterocycles. The van der Waals surface area contributed by atoms with Crippen LogP contribution in [0.3, 0.4) is 0 Å². The van der Waals surface area contributed by atoms with Crippen LogP contribution in [-0.2, 0) is 0 Å². The van der Waals surface area contributed by atoms with Gasteiger partial charge in [-0.1, -0.05) is 437 Å². The maximum atomic E-state index is 8.80. The Morgan fingerprint density at radius 1 is 0.145 bits per heavy atom. The van der Waals surface area contributed by atoms with Crippen LogP contribution in [-0.4, -0.2) is 58.6 Å². The van der Waals surface area contributed by atoms with Crippen LogP contribution >= 0.6 is 0 Å². The first-order valence-electron chi connectivity index (χ1n) is 50.9. The van der Waals surface area contributed by atoms with E-state index in [-0.39, 0.29) is 29.7 Å². The van der Waals surface area contributed by atoms with Crippen molar-refractivity contribution in [2.24, 2.45) is 0 Å². The Morgan fingerprint density at radius 2 is 0.414 bits per heavy atom. The maximum Gasteiger partial charge on any atom is 0.164 e. The summed E-state index contributed by atoms with van der Waals surface area (Å²) >= 11 is 0. The van der Waals surface area contributed by atoms with Gasteiger partial charge in [-0.15, -0.1) is 0 Å². The minimum atomic E-state index is -0.411. The largest absolute Gasteiger partial charge is 0.309 e. The van der Waals surface area contributed by atoms with Crippen molar-refractivity contribution in [2.45, 2.75) is 0 Å². The highest BCUT2D eigenvalue weighted by molar-refractivity contribution is 6.17. The second kappa shape index (κ2) is 37.2. The Balaban J connectivity index is 0.000000115. The molecule has 145 heavy (non-hydrogen) atoms. The topological polar surface area (TPSA) is 131 Å². The molecule has 6 heterocycles. The highest BCUT2D eigenvalue weighted by Gasteiger charge is 2.25. The molecule has 22 aromatic carbocycles. The van der Waals surface area contributed by atoms with Gasteiger partial charge in [-0.25, -0.2) is 44.9 Å². The number of para-hydroxylation sites is 7. The summed E-state index contributed by atoms with van der Waals surface area (Å²) in [5.74, 6) is 5.63. The molecule has 0 aliphatic heterocycles. The molecule has 28 rings (SSSR count). The minimum absolute atomic E-state index is 0.181.